The minimum Gasteiger partial charge on any atom is -0.381 e. The summed E-state index contributed by atoms with van der Waals surface area (Å²) in [5.74, 6) is 0.384. The maximum Gasteiger partial charge on any atom is 0.0486 e. The Morgan fingerprint density at radius 3 is 2.58 bits per heavy atom. The zero-order chi connectivity index (χ0) is 22.6. The van der Waals surface area contributed by atoms with Crippen LogP contribution in [0.15, 0.2) is 54.7 Å². The number of hydrogen-bond donors (Lipinski definition) is 2. The molecule has 2 aromatic carbocycles. The molecule has 2 aliphatic rings. The van der Waals surface area contributed by atoms with Gasteiger partial charge in [-0.3, -0.25) is 0 Å². The summed E-state index contributed by atoms with van der Waals surface area (Å²) in [6, 6.07) is 19.6. The van der Waals surface area contributed by atoms with E-state index < -0.39 is 0 Å². The third kappa shape index (κ3) is 5.18. The minimum atomic E-state index is 0.384. The summed E-state index contributed by atoms with van der Waals surface area (Å²) >= 11 is 0. The molecule has 2 fully saturated rings. The maximum atomic E-state index is 6.12. The Hall–Kier alpha value is -2.14. The van der Waals surface area contributed by atoms with Crippen molar-refractivity contribution >= 4 is 10.9 Å². The van der Waals surface area contributed by atoms with E-state index >= 15 is 0 Å². The van der Waals surface area contributed by atoms with Gasteiger partial charge in [0.25, 0.3) is 0 Å². The minimum absolute atomic E-state index is 0.384. The first-order chi connectivity index (χ1) is 16.2. The molecule has 1 saturated carbocycles. The van der Waals surface area contributed by atoms with Gasteiger partial charge in [-0.05, 0) is 75.6 Å². The Labute approximate surface area is 198 Å². The van der Waals surface area contributed by atoms with Crippen molar-refractivity contribution in [3.63, 3.8) is 0 Å². The highest BCUT2D eigenvalue weighted by atomic mass is 16.5. The Kier molecular flexibility index (Phi) is 7.15. The van der Waals surface area contributed by atoms with Crippen molar-refractivity contribution in [1.29, 1.82) is 0 Å². The zero-order valence-corrected chi connectivity index (χ0v) is 20.0. The lowest BCUT2D eigenvalue weighted by molar-refractivity contribution is 0.0707. The molecule has 1 aromatic heterocycles. The molecule has 1 unspecified atom stereocenters. The molecule has 5 rings (SSSR count). The van der Waals surface area contributed by atoms with Crippen molar-refractivity contribution in [2.45, 2.75) is 75.9 Å². The topological polar surface area (TPSA) is 52.2 Å². The molecule has 0 bridgehead atoms. The van der Waals surface area contributed by atoms with E-state index in [1.54, 1.807) is 0 Å². The van der Waals surface area contributed by atoms with Crippen LogP contribution in [0.25, 0.3) is 10.9 Å². The third-order valence-corrected chi connectivity index (χ3v) is 7.81. The Bertz CT molecular complexity index is 1040. The Morgan fingerprint density at radius 1 is 1.00 bits per heavy atom. The van der Waals surface area contributed by atoms with E-state index in [1.807, 2.05) is 0 Å². The highest BCUT2D eigenvalue weighted by molar-refractivity contribution is 5.85. The molecule has 4 heteroatoms. The van der Waals surface area contributed by atoms with Crippen LogP contribution in [0.2, 0.25) is 0 Å². The molecule has 0 amide bonds. The molecule has 4 nitrogen and oxygen atoms in total. The quantitative estimate of drug-likeness (QED) is 0.492. The fourth-order valence-electron chi connectivity index (χ4n) is 5.92. The van der Waals surface area contributed by atoms with E-state index in [1.165, 1.54) is 40.4 Å². The van der Waals surface area contributed by atoms with Crippen LogP contribution >= 0.6 is 0 Å². The zero-order valence-electron chi connectivity index (χ0n) is 20.0. The maximum absolute atomic E-state index is 6.12. The molecule has 33 heavy (non-hydrogen) atoms. The van der Waals surface area contributed by atoms with Gasteiger partial charge in [0.05, 0.1) is 0 Å². The lowest BCUT2D eigenvalue weighted by Crippen LogP contribution is -2.38. The Morgan fingerprint density at radius 2 is 1.79 bits per heavy atom. The first kappa shape index (κ1) is 22.6. The van der Waals surface area contributed by atoms with Crippen molar-refractivity contribution in [2.75, 3.05) is 19.8 Å². The number of benzene rings is 2. The highest BCUT2D eigenvalue weighted by Gasteiger charge is 2.24. The molecule has 1 saturated heterocycles. The van der Waals surface area contributed by atoms with Gasteiger partial charge in [0.1, 0.15) is 0 Å². The number of aryl methyl sites for hydroxylation is 1. The smallest absolute Gasteiger partial charge is 0.0486 e. The summed E-state index contributed by atoms with van der Waals surface area (Å²) in [6.07, 6.45) is 10.5. The lowest BCUT2D eigenvalue weighted by Gasteiger charge is -2.28. The van der Waals surface area contributed by atoms with Gasteiger partial charge in [-0.2, -0.15) is 0 Å². The van der Waals surface area contributed by atoms with E-state index in [0.29, 0.717) is 24.0 Å². The number of nitrogens with one attached hydrogen (secondary N) is 1. The van der Waals surface area contributed by atoms with Gasteiger partial charge in [0.2, 0.25) is 0 Å². The van der Waals surface area contributed by atoms with Crippen molar-refractivity contribution in [3.8, 4) is 0 Å². The van der Waals surface area contributed by atoms with Crippen LogP contribution in [0.1, 0.15) is 73.6 Å². The molecule has 1 aliphatic heterocycles. The first-order valence-corrected chi connectivity index (χ1v) is 12.9. The van der Waals surface area contributed by atoms with Crippen LogP contribution in [0, 0.1) is 6.92 Å². The molecular weight excluding hydrogens is 406 g/mol. The summed E-state index contributed by atoms with van der Waals surface area (Å²) in [5, 5.41) is 5.27. The predicted octanol–water partition coefficient (Wildman–Crippen LogP) is 5.68. The molecule has 3 aromatic rings. The van der Waals surface area contributed by atoms with Crippen LogP contribution in [0.5, 0.6) is 0 Å². The fourth-order valence-corrected chi connectivity index (χ4v) is 5.92. The van der Waals surface area contributed by atoms with E-state index in [9.17, 15) is 0 Å². The number of hydrogen-bond acceptors (Lipinski definition) is 3. The highest BCUT2D eigenvalue weighted by Crippen LogP contribution is 2.37. The van der Waals surface area contributed by atoms with Gasteiger partial charge in [-0.25, -0.2) is 0 Å². The number of fused-ring (bicyclic) bond motifs is 1. The number of nitrogens with zero attached hydrogens (tertiary/aromatic N) is 1. The molecule has 0 radical (unpaired) electrons. The van der Waals surface area contributed by atoms with E-state index in [-0.39, 0.29) is 0 Å². The molecule has 1 aliphatic carbocycles. The third-order valence-electron chi connectivity index (χ3n) is 7.81. The second-order valence-electron chi connectivity index (χ2n) is 10.2. The van der Waals surface area contributed by atoms with Crippen LogP contribution in [-0.4, -0.2) is 36.4 Å². The molecule has 0 spiro atoms. The average molecular weight is 446 g/mol. The number of ether oxygens (including phenoxy) is 1. The van der Waals surface area contributed by atoms with E-state index in [2.05, 4.69) is 71.5 Å². The number of nitrogens with two attached hydrogens (primary N) is 1. The van der Waals surface area contributed by atoms with Gasteiger partial charge < -0.3 is 20.4 Å². The van der Waals surface area contributed by atoms with Crippen molar-refractivity contribution in [3.05, 3.63) is 71.4 Å². The molecule has 1 atom stereocenters. The molecular formula is C29H39N3O. The van der Waals surface area contributed by atoms with Crippen LogP contribution < -0.4 is 11.1 Å². The van der Waals surface area contributed by atoms with Crippen molar-refractivity contribution < 1.29 is 4.74 Å². The second-order valence-corrected chi connectivity index (χ2v) is 10.2. The van der Waals surface area contributed by atoms with Gasteiger partial charge in [-0.15, -0.1) is 0 Å². The van der Waals surface area contributed by atoms with E-state index in [0.717, 1.165) is 51.9 Å². The van der Waals surface area contributed by atoms with Gasteiger partial charge in [-0.1, -0.05) is 48.0 Å². The summed E-state index contributed by atoms with van der Waals surface area (Å²) in [4.78, 5) is 0. The monoisotopic (exact) mass is 445 g/mol. The standard InChI is InChI=1S/C29H39N3O/c1-21-5-4-6-22(19-21)26(13-16-31-24-11-9-23(30)10-12-24)28-20-32(25-14-17-33-18-15-25)29-8-3-2-7-27(28)29/h2-8,19-20,23-26,31H,9-18,30H2,1H3. The normalized spacial score (nSPS) is 23.1. The Balaban J connectivity index is 1.44. The fraction of sp³-hybridized carbons (Fsp3) is 0.517. The second kappa shape index (κ2) is 10.4. The number of para-hydroxylation sites is 1. The van der Waals surface area contributed by atoms with Crippen LogP contribution in [0.3, 0.4) is 0 Å². The largest absolute Gasteiger partial charge is 0.381 e. The SMILES string of the molecule is Cc1cccc(C(CCNC2CCC(N)CC2)c2cn(C3CCOCC3)c3ccccc23)c1. The lowest BCUT2D eigenvalue weighted by atomic mass is 9.87. The average Bonchev–Trinajstić information content (AvgIpc) is 3.23. The summed E-state index contributed by atoms with van der Waals surface area (Å²) < 4.78 is 8.21. The summed E-state index contributed by atoms with van der Waals surface area (Å²) in [5.41, 5.74) is 11.7. The number of rotatable bonds is 7. The molecule has 2 heterocycles. The summed E-state index contributed by atoms with van der Waals surface area (Å²) in [7, 11) is 0. The van der Waals surface area contributed by atoms with Gasteiger partial charge in [0, 0.05) is 54.4 Å². The van der Waals surface area contributed by atoms with Crippen LogP contribution in [-0.2, 0) is 4.74 Å². The number of aromatic nitrogens is 1. The van der Waals surface area contributed by atoms with Gasteiger partial charge in [0.15, 0.2) is 0 Å². The van der Waals surface area contributed by atoms with Crippen molar-refractivity contribution in [1.82, 2.24) is 9.88 Å². The van der Waals surface area contributed by atoms with Crippen molar-refractivity contribution in [2.24, 2.45) is 5.73 Å². The van der Waals surface area contributed by atoms with E-state index in [4.69, 9.17) is 10.5 Å². The first-order valence-electron chi connectivity index (χ1n) is 12.9. The molecule has 176 valence electrons. The predicted molar refractivity (Wildman–Crippen MR) is 137 cm³/mol. The van der Waals surface area contributed by atoms with Gasteiger partial charge >= 0.3 is 0 Å². The van der Waals surface area contributed by atoms with Crippen LogP contribution in [0.4, 0.5) is 0 Å². The molecule has 3 N–H and O–H groups in total. The summed E-state index contributed by atoms with van der Waals surface area (Å²) in [6.45, 7) is 4.97.